The van der Waals surface area contributed by atoms with Gasteiger partial charge in [0.15, 0.2) is 0 Å². The van der Waals surface area contributed by atoms with Crippen LogP contribution in [0, 0.1) is 0 Å². The smallest absolute Gasteiger partial charge is 0.0713 e. The van der Waals surface area contributed by atoms with E-state index in [1.165, 1.54) is 11.1 Å². The van der Waals surface area contributed by atoms with Gasteiger partial charge in [0.05, 0.1) is 18.8 Å². The van der Waals surface area contributed by atoms with Crippen LogP contribution >= 0.6 is 0 Å². The summed E-state index contributed by atoms with van der Waals surface area (Å²) in [4.78, 5) is 2.54. The first kappa shape index (κ1) is 17.5. The lowest BCUT2D eigenvalue weighted by molar-refractivity contribution is -0.144. The van der Waals surface area contributed by atoms with Crippen LogP contribution in [0.4, 0.5) is 0 Å². The van der Waals surface area contributed by atoms with Gasteiger partial charge in [0.2, 0.25) is 0 Å². The molecular formula is C23H27NO2. The monoisotopic (exact) mass is 349 g/mol. The maximum atomic E-state index is 11.2. The minimum absolute atomic E-state index is 0.290. The summed E-state index contributed by atoms with van der Waals surface area (Å²) in [5.74, 6) is 0. The summed E-state index contributed by atoms with van der Waals surface area (Å²) >= 11 is 0. The van der Waals surface area contributed by atoms with Gasteiger partial charge in [-0.25, -0.2) is 0 Å². The van der Waals surface area contributed by atoms with Crippen molar-refractivity contribution in [1.29, 1.82) is 0 Å². The van der Waals surface area contributed by atoms with E-state index in [0.717, 1.165) is 19.4 Å². The highest BCUT2D eigenvalue weighted by Gasteiger charge is 2.45. The zero-order chi connectivity index (χ0) is 17.8. The summed E-state index contributed by atoms with van der Waals surface area (Å²) in [5, 5.41) is 11.2. The predicted octanol–water partition coefficient (Wildman–Crippen LogP) is 3.88. The Morgan fingerprint density at radius 1 is 0.962 bits per heavy atom. The molecular weight excluding hydrogens is 322 g/mol. The van der Waals surface area contributed by atoms with Crippen LogP contribution in [0.3, 0.4) is 0 Å². The predicted molar refractivity (Wildman–Crippen MR) is 105 cm³/mol. The molecule has 0 aliphatic carbocycles. The van der Waals surface area contributed by atoms with Crippen molar-refractivity contribution >= 4 is 6.08 Å². The maximum absolute atomic E-state index is 11.2. The van der Waals surface area contributed by atoms with Crippen LogP contribution in [-0.4, -0.2) is 40.9 Å². The van der Waals surface area contributed by atoms with E-state index in [2.05, 4.69) is 59.5 Å². The second kappa shape index (κ2) is 7.75. The zero-order valence-electron chi connectivity index (χ0n) is 15.1. The molecule has 2 atom stereocenters. The highest BCUT2D eigenvalue weighted by atomic mass is 16.5. The highest BCUT2D eigenvalue weighted by molar-refractivity contribution is 5.48. The van der Waals surface area contributed by atoms with Crippen molar-refractivity contribution in [3.63, 3.8) is 0 Å². The van der Waals surface area contributed by atoms with Gasteiger partial charge in [-0.05, 0) is 30.4 Å². The summed E-state index contributed by atoms with van der Waals surface area (Å²) in [6, 6.07) is 21.5. The molecule has 2 aliphatic rings. The topological polar surface area (TPSA) is 32.7 Å². The van der Waals surface area contributed by atoms with E-state index in [-0.39, 0.29) is 12.1 Å². The van der Waals surface area contributed by atoms with Crippen molar-refractivity contribution in [2.45, 2.75) is 43.5 Å². The van der Waals surface area contributed by atoms with Crippen LogP contribution in [0.25, 0.3) is 6.08 Å². The number of aliphatic hydroxyl groups is 1. The summed E-state index contributed by atoms with van der Waals surface area (Å²) < 4.78 is 5.80. The first-order valence-corrected chi connectivity index (χ1v) is 9.53. The average Bonchev–Trinajstić information content (AvgIpc) is 2.64. The van der Waals surface area contributed by atoms with Gasteiger partial charge >= 0.3 is 0 Å². The molecule has 0 spiro atoms. The molecule has 1 N–H and O–H groups in total. The van der Waals surface area contributed by atoms with Crippen LogP contribution < -0.4 is 0 Å². The van der Waals surface area contributed by atoms with E-state index in [1.54, 1.807) is 0 Å². The van der Waals surface area contributed by atoms with Gasteiger partial charge in [-0.3, -0.25) is 4.90 Å². The van der Waals surface area contributed by atoms with E-state index in [9.17, 15) is 5.11 Å². The molecule has 2 unspecified atom stereocenters. The number of nitrogens with zero attached hydrogens (tertiary/aromatic N) is 1. The summed E-state index contributed by atoms with van der Waals surface area (Å²) in [6.07, 6.45) is 6.48. The number of rotatable bonds is 5. The second-order valence-electron chi connectivity index (χ2n) is 7.65. The fraction of sp³-hybridized carbons (Fsp3) is 0.391. The highest BCUT2D eigenvalue weighted by Crippen LogP contribution is 2.37. The van der Waals surface area contributed by atoms with Crippen LogP contribution in [-0.2, 0) is 11.3 Å². The fourth-order valence-corrected chi connectivity index (χ4v) is 4.34. The molecule has 0 amide bonds. The van der Waals surface area contributed by atoms with Gasteiger partial charge in [-0.15, -0.1) is 0 Å². The Morgan fingerprint density at radius 2 is 1.58 bits per heavy atom. The Morgan fingerprint density at radius 3 is 2.23 bits per heavy atom. The molecule has 2 bridgehead atoms. The molecule has 3 heteroatoms. The number of fused-ring (bicyclic) bond motifs is 2. The molecule has 0 saturated carbocycles. The molecule has 2 aliphatic heterocycles. The number of morpholine rings is 1. The molecule has 2 saturated heterocycles. The van der Waals surface area contributed by atoms with Gasteiger partial charge in [0, 0.05) is 18.6 Å². The van der Waals surface area contributed by atoms with Crippen molar-refractivity contribution in [1.82, 2.24) is 4.90 Å². The van der Waals surface area contributed by atoms with Crippen LogP contribution in [0.15, 0.2) is 66.7 Å². The molecule has 2 heterocycles. The third kappa shape index (κ3) is 4.07. The lowest BCUT2D eigenvalue weighted by Gasteiger charge is -2.51. The first-order chi connectivity index (χ1) is 12.7. The van der Waals surface area contributed by atoms with E-state index < -0.39 is 5.60 Å². The molecule has 3 nitrogen and oxygen atoms in total. The third-order valence-corrected chi connectivity index (χ3v) is 5.61. The van der Waals surface area contributed by atoms with E-state index in [0.29, 0.717) is 19.6 Å². The molecule has 4 rings (SSSR count). The Kier molecular flexibility index (Phi) is 5.21. The number of ether oxygens (including phenoxy) is 1. The summed E-state index contributed by atoms with van der Waals surface area (Å²) in [6.45, 7) is 2.37. The Hall–Kier alpha value is -1.94. The van der Waals surface area contributed by atoms with Crippen LogP contribution in [0.1, 0.15) is 30.4 Å². The van der Waals surface area contributed by atoms with E-state index >= 15 is 0 Å². The molecule has 26 heavy (non-hydrogen) atoms. The Labute approximate surface area is 155 Å². The number of benzene rings is 2. The summed E-state index contributed by atoms with van der Waals surface area (Å²) in [5.41, 5.74) is 1.89. The standard InChI is InChI=1S/C23H27NO2/c25-23(13-7-12-19-8-3-1-4-9-19)14-21-17-26-18-22(15-23)24(21)16-20-10-5-2-6-11-20/h1-12,21-22,25H,13-18H2/b12-7+. The van der Waals surface area contributed by atoms with Crippen LogP contribution in [0.2, 0.25) is 0 Å². The quantitative estimate of drug-likeness (QED) is 0.889. The Bertz CT molecular complexity index is 714. The summed E-state index contributed by atoms with van der Waals surface area (Å²) in [7, 11) is 0. The molecule has 2 aromatic carbocycles. The minimum Gasteiger partial charge on any atom is -0.389 e. The molecule has 2 aromatic rings. The van der Waals surface area contributed by atoms with E-state index in [1.807, 2.05) is 18.2 Å². The number of piperidine rings is 1. The van der Waals surface area contributed by atoms with Gasteiger partial charge in [0.25, 0.3) is 0 Å². The van der Waals surface area contributed by atoms with Gasteiger partial charge < -0.3 is 9.84 Å². The van der Waals surface area contributed by atoms with Gasteiger partial charge in [-0.1, -0.05) is 72.8 Å². The maximum Gasteiger partial charge on any atom is 0.0713 e. The van der Waals surface area contributed by atoms with Crippen molar-refractivity contribution in [2.24, 2.45) is 0 Å². The molecule has 0 aromatic heterocycles. The van der Waals surface area contributed by atoms with Gasteiger partial charge in [-0.2, -0.15) is 0 Å². The van der Waals surface area contributed by atoms with E-state index in [4.69, 9.17) is 4.74 Å². The second-order valence-corrected chi connectivity index (χ2v) is 7.65. The molecule has 136 valence electrons. The van der Waals surface area contributed by atoms with Crippen LogP contribution in [0.5, 0.6) is 0 Å². The number of hydrogen-bond donors (Lipinski definition) is 1. The van der Waals surface area contributed by atoms with Crippen molar-refractivity contribution < 1.29 is 9.84 Å². The average molecular weight is 349 g/mol. The van der Waals surface area contributed by atoms with Crippen molar-refractivity contribution in [3.8, 4) is 0 Å². The Balaban J connectivity index is 1.42. The molecule has 0 radical (unpaired) electrons. The zero-order valence-corrected chi connectivity index (χ0v) is 15.1. The number of hydrogen-bond acceptors (Lipinski definition) is 3. The first-order valence-electron chi connectivity index (χ1n) is 9.53. The third-order valence-electron chi connectivity index (χ3n) is 5.61. The molecule has 2 fully saturated rings. The van der Waals surface area contributed by atoms with Gasteiger partial charge in [0.1, 0.15) is 0 Å². The van der Waals surface area contributed by atoms with Crippen molar-refractivity contribution in [2.75, 3.05) is 13.2 Å². The fourth-order valence-electron chi connectivity index (χ4n) is 4.34. The SMILES string of the molecule is OC1(C/C=C/c2ccccc2)CC2COCC(C1)N2Cc1ccccc1. The normalized spacial score (nSPS) is 29.1. The largest absolute Gasteiger partial charge is 0.389 e. The van der Waals surface area contributed by atoms with Crippen molar-refractivity contribution in [3.05, 3.63) is 77.9 Å². The lowest BCUT2D eigenvalue weighted by atomic mass is 9.79. The minimum atomic E-state index is -0.627. The lowest BCUT2D eigenvalue weighted by Crippen LogP contribution is -2.61.